The van der Waals surface area contributed by atoms with Gasteiger partial charge in [0.25, 0.3) is 0 Å². The van der Waals surface area contributed by atoms with Gasteiger partial charge >= 0.3 is 0 Å². The van der Waals surface area contributed by atoms with Crippen LogP contribution in [0.2, 0.25) is 0 Å². The molecular formula is C32H20N2. The molecule has 0 radical (unpaired) electrons. The Kier molecular flexibility index (Phi) is 3.96. The van der Waals surface area contributed by atoms with Gasteiger partial charge in [-0.1, -0.05) is 78.9 Å². The lowest BCUT2D eigenvalue weighted by atomic mass is 9.82. The van der Waals surface area contributed by atoms with E-state index in [-0.39, 0.29) is 11.8 Å². The zero-order valence-corrected chi connectivity index (χ0v) is 18.5. The quantitative estimate of drug-likeness (QED) is 0.298. The monoisotopic (exact) mass is 432 g/mol. The molecule has 5 aromatic carbocycles. The van der Waals surface area contributed by atoms with Crippen LogP contribution in [0.15, 0.2) is 84.9 Å². The van der Waals surface area contributed by atoms with Crippen LogP contribution in [0.4, 0.5) is 0 Å². The molecule has 2 unspecified atom stereocenters. The van der Waals surface area contributed by atoms with Crippen LogP contribution in [0.1, 0.15) is 56.3 Å². The van der Waals surface area contributed by atoms with Crippen LogP contribution in [-0.4, -0.2) is 0 Å². The summed E-state index contributed by atoms with van der Waals surface area (Å²) in [6.45, 7) is 0. The van der Waals surface area contributed by atoms with Crippen LogP contribution in [0.3, 0.4) is 0 Å². The van der Waals surface area contributed by atoms with Gasteiger partial charge in [-0.2, -0.15) is 10.5 Å². The Balaban J connectivity index is 1.44. The van der Waals surface area contributed by atoms with Gasteiger partial charge in [0, 0.05) is 11.8 Å². The minimum absolute atomic E-state index is 0.127. The third-order valence-corrected chi connectivity index (χ3v) is 7.86. The Labute approximate surface area is 198 Å². The first kappa shape index (κ1) is 19.1. The van der Waals surface area contributed by atoms with E-state index in [2.05, 4.69) is 91.0 Å². The smallest absolute Gasteiger partial charge is 0.0995 e. The average molecular weight is 433 g/mol. The molecule has 2 aliphatic rings. The van der Waals surface area contributed by atoms with E-state index in [4.69, 9.17) is 0 Å². The van der Waals surface area contributed by atoms with Crippen molar-refractivity contribution in [2.75, 3.05) is 0 Å². The van der Waals surface area contributed by atoms with Crippen molar-refractivity contribution in [2.24, 2.45) is 0 Å². The summed E-state index contributed by atoms with van der Waals surface area (Å²) in [5, 5.41) is 25.3. The molecule has 0 bridgehead atoms. The maximum Gasteiger partial charge on any atom is 0.0995 e. The molecule has 0 saturated carbocycles. The molecule has 0 spiro atoms. The normalized spacial score (nSPS) is 17.7. The van der Waals surface area contributed by atoms with Crippen molar-refractivity contribution in [3.63, 3.8) is 0 Å². The van der Waals surface area contributed by atoms with E-state index in [1.54, 1.807) is 0 Å². The summed E-state index contributed by atoms with van der Waals surface area (Å²) in [6.07, 6.45) is 1.77. The summed E-state index contributed by atoms with van der Waals surface area (Å²) in [5.41, 5.74) is 8.57. The van der Waals surface area contributed by atoms with Gasteiger partial charge < -0.3 is 0 Å². The minimum Gasteiger partial charge on any atom is -0.192 e. The highest BCUT2D eigenvalue weighted by Gasteiger charge is 2.32. The lowest BCUT2D eigenvalue weighted by Crippen LogP contribution is -2.08. The standard InChI is InChI=1S/C32H20N2/c33-17-23-13-24(18-34)28(30-15-22-10-2-6-20-8-4-12-26(30)32(20)22)16-27(23)29-14-21-9-1-5-19-7-3-11-25(29)31(19)21/h1-13,16,29-30H,14-15H2. The number of nitriles is 2. The number of nitrogens with zero attached hydrogens (tertiary/aromatic N) is 2. The van der Waals surface area contributed by atoms with Crippen LogP contribution < -0.4 is 0 Å². The van der Waals surface area contributed by atoms with E-state index in [9.17, 15) is 10.5 Å². The van der Waals surface area contributed by atoms with Crippen molar-refractivity contribution in [3.05, 3.63) is 129 Å². The van der Waals surface area contributed by atoms with Gasteiger partial charge in [0.2, 0.25) is 0 Å². The fraction of sp³-hybridized carbons (Fsp3) is 0.125. The molecule has 34 heavy (non-hydrogen) atoms. The van der Waals surface area contributed by atoms with E-state index in [0.29, 0.717) is 11.1 Å². The van der Waals surface area contributed by atoms with Gasteiger partial charge in [-0.05, 0) is 73.8 Å². The first-order chi connectivity index (χ1) is 16.8. The van der Waals surface area contributed by atoms with Gasteiger partial charge in [-0.25, -0.2) is 0 Å². The molecule has 0 fully saturated rings. The molecular weight excluding hydrogens is 412 g/mol. The third-order valence-electron chi connectivity index (χ3n) is 7.86. The Bertz CT molecular complexity index is 1610. The van der Waals surface area contributed by atoms with Crippen LogP contribution in [0.5, 0.6) is 0 Å². The Hall–Kier alpha value is -4.40. The number of benzene rings is 5. The number of rotatable bonds is 2. The minimum atomic E-state index is 0.127. The maximum absolute atomic E-state index is 10.1. The van der Waals surface area contributed by atoms with E-state index < -0.39 is 0 Å². The zero-order valence-electron chi connectivity index (χ0n) is 18.5. The predicted octanol–water partition coefficient (Wildman–Crippen LogP) is 7.11. The van der Waals surface area contributed by atoms with E-state index in [1.165, 1.54) is 43.8 Å². The summed E-state index contributed by atoms with van der Waals surface area (Å²) in [7, 11) is 0. The van der Waals surface area contributed by atoms with Crippen molar-refractivity contribution in [2.45, 2.75) is 24.7 Å². The average Bonchev–Trinajstić information content (AvgIpc) is 3.45. The second-order valence-electron chi connectivity index (χ2n) is 9.49. The first-order valence-electron chi connectivity index (χ1n) is 11.8. The van der Waals surface area contributed by atoms with Crippen molar-refractivity contribution in [3.8, 4) is 12.1 Å². The topological polar surface area (TPSA) is 47.6 Å². The molecule has 2 aliphatic carbocycles. The zero-order chi connectivity index (χ0) is 22.8. The summed E-state index contributed by atoms with van der Waals surface area (Å²) < 4.78 is 0. The molecule has 0 heterocycles. The molecule has 0 aliphatic heterocycles. The van der Waals surface area contributed by atoms with Crippen LogP contribution in [0.25, 0.3) is 21.5 Å². The maximum atomic E-state index is 10.1. The Morgan fingerprint density at radius 3 is 1.41 bits per heavy atom. The molecule has 0 saturated heterocycles. The number of hydrogen-bond acceptors (Lipinski definition) is 2. The number of hydrogen-bond donors (Lipinski definition) is 0. The predicted molar refractivity (Wildman–Crippen MR) is 135 cm³/mol. The summed E-state index contributed by atoms with van der Waals surface area (Å²) in [4.78, 5) is 0. The Morgan fingerprint density at radius 2 is 0.971 bits per heavy atom. The molecule has 2 nitrogen and oxygen atoms in total. The first-order valence-corrected chi connectivity index (χ1v) is 11.8. The molecule has 158 valence electrons. The van der Waals surface area contributed by atoms with Gasteiger partial charge in [-0.15, -0.1) is 0 Å². The van der Waals surface area contributed by atoms with Gasteiger partial charge in [0.1, 0.15) is 0 Å². The van der Waals surface area contributed by atoms with Crippen molar-refractivity contribution in [1.29, 1.82) is 10.5 Å². The SMILES string of the molecule is N#Cc1cc(C#N)c(C2Cc3cccc4cccc2c34)cc1C1Cc2cccc3cccc1c23. The van der Waals surface area contributed by atoms with E-state index in [1.807, 2.05) is 6.07 Å². The Morgan fingerprint density at radius 1 is 0.529 bits per heavy atom. The van der Waals surface area contributed by atoms with E-state index in [0.717, 1.165) is 24.0 Å². The van der Waals surface area contributed by atoms with Gasteiger partial charge in [0.15, 0.2) is 0 Å². The molecule has 2 atom stereocenters. The highest BCUT2D eigenvalue weighted by atomic mass is 14.4. The van der Waals surface area contributed by atoms with Crippen molar-refractivity contribution in [1.82, 2.24) is 0 Å². The van der Waals surface area contributed by atoms with Crippen molar-refractivity contribution >= 4 is 21.5 Å². The van der Waals surface area contributed by atoms with Gasteiger partial charge in [-0.3, -0.25) is 0 Å². The summed E-state index contributed by atoms with van der Waals surface area (Å²) in [5.74, 6) is 0.253. The second kappa shape index (κ2) is 7.05. The van der Waals surface area contributed by atoms with Crippen LogP contribution in [-0.2, 0) is 12.8 Å². The molecule has 2 heteroatoms. The van der Waals surface area contributed by atoms with Crippen LogP contribution in [0, 0.1) is 22.7 Å². The van der Waals surface area contributed by atoms with Gasteiger partial charge in [0.05, 0.1) is 23.3 Å². The van der Waals surface area contributed by atoms with Crippen molar-refractivity contribution < 1.29 is 0 Å². The van der Waals surface area contributed by atoms with Crippen LogP contribution >= 0.6 is 0 Å². The molecule has 0 N–H and O–H groups in total. The lowest BCUT2D eigenvalue weighted by molar-refractivity contribution is 0.814. The second-order valence-corrected chi connectivity index (χ2v) is 9.49. The highest BCUT2D eigenvalue weighted by Crippen LogP contribution is 2.47. The third kappa shape index (κ3) is 2.54. The molecule has 7 rings (SSSR count). The fourth-order valence-corrected chi connectivity index (χ4v) is 6.44. The van der Waals surface area contributed by atoms with E-state index >= 15 is 0 Å². The molecule has 5 aromatic rings. The largest absolute Gasteiger partial charge is 0.192 e. The molecule has 0 amide bonds. The lowest BCUT2D eigenvalue weighted by Gasteiger charge is -2.20. The molecule has 0 aromatic heterocycles. The summed E-state index contributed by atoms with van der Waals surface area (Å²) >= 11 is 0. The summed E-state index contributed by atoms with van der Waals surface area (Å²) in [6, 6.07) is 34.8. The highest BCUT2D eigenvalue weighted by molar-refractivity contribution is 5.93. The fourth-order valence-electron chi connectivity index (χ4n) is 6.44.